The van der Waals surface area contributed by atoms with E-state index in [2.05, 4.69) is 20.6 Å². The number of aromatic nitrogens is 1. The topological polar surface area (TPSA) is 78.9 Å². The van der Waals surface area contributed by atoms with Crippen LogP contribution in [0.5, 0.6) is 0 Å². The summed E-state index contributed by atoms with van der Waals surface area (Å²) in [6.45, 7) is 9.31. The van der Waals surface area contributed by atoms with Crippen LogP contribution in [-0.2, 0) is 24.4 Å². The third-order valence-electron chi connectivity index (χ3n) is 4.21. The molecule has 30 heavy (non-hydrogen) atoms. The molecule has 0 bridgehead atoms. The number of pyridine rings is 1. The van der Waals surface area contributed by atoms with Crippen LogP contribution in [0, 0.1) is 6.92 Å². The highest BCUT2D eigenvalue weighted by molar-refractivity contribution is 5.79. The van der Waals surface area contributed by atoms with Crippen molar-refractivity contribution < 1.29 is 9.53 Å². The zero-order valence-corrected chi connectivity index (χ0v) is 18.8. The number of guanidine groups is 1. The molecule has 0 spiro atoms. The Morgan fingerprint density at radius 2 is 1.70 bits per heavy atom. The number of aliphatic imine (C=N–C) groups is 1. The minimum absolute atomic E-state index is 0.328. The maximum absolute atomic E-state index is 12.1. The van der Waals surface area contributed by atoms with E-state index in [1.807, 2.05) is 70.2 Å². The van der Waals surface area contributed by atoms with Crippen LogP contribution < -0.4 is 10.6 Å². The smallest absolute Gasteiger partial charge is 0.410 e. The van der Waals surface area contributed by atoms with E-state index in [9.17, 15) is 4.79 Å². The lowest BCUT2D eigenvalue weighted by molar-refractivity contribution is 0.0285. The number of hydrogen-bond donors (Lipinski definition) is 2. The van der Waals surface area contributed by atoms with Crippen molar-refractivity contribution in [2.24, 2.45) is 4.99 Å². The first-order chi connectivity index (χ1) is 14.2. The molecule has 7 nitrogen and oxygen atoms in total. The maximum Gasteiger partial charge on any atom is 0.410 e. The van der Waals surface area contributed by atoms with Gasteiger partial charge in [0.1, 0.15) is 5.60 Å². The fraction of sp³-hybridized carbons (Fsp3) is 0.435. The van der Waals surface area contributed by atoms with Gasteiger partial charge in [0, 0.05) is 32.9 Å². The number of carbonyl (C=O) groups is 1. The van der Waals surface area contributed by atoms with Crippen LogP contribution in [0.4, 0.5) is 4.79 Å². The van der Waals surface area contributed by atoms with Gasteiger partial charge >= 0.3 is 6.09 Å². The van der Waals surface area contributed by atoms with Crippen LogP contribution in [0.3, 0.4) is 0 Å². The molecule has 0 fully saturated rings. The lowest BCUT2D eigenvalue weighted by atomic mass is 10.1. The third-order valence-corrected chi connectivity index (χ3v) is 4.21. The van der Waals surface area contributed by atoms with E-state index in [4.69, 9.17) is 4.74 Å². The van der Waals surface area contributed by atoms with Crippen molar-refractivity contribution in [2.75, 3.05) is 14.1 Å². The highest BCUT2D eigenvalue weighted by Gasteiger charge is 2.19. The van der Waals surface area contributed by atoms with E-state index in [0.29, 0.717) is 25.6 Å². The molecule has 1 heterocycles. The first-order valence-electron chi connectivity index (χ1n) is 10.1. The van der Waals surface area contributed by atoms with Gasteiger partial charge in [-0.15, -0.1) is 0 Å². The number of rotatable bonds is 6. The highest BCUT2D eigenvalue weighted by Crippen LogP contribution is 2.12. The van der Waals surface area contributed by atoms with E-state index in [1.54, 1.807) is 19.0 Å². The van der Waals surface area contributed by atoms with Gasteiger partial charge in [-0.2, -0.15) is 0 Å². The Morgan fingerprint density at radius 3 is 2.30 bits per heavy atom. The first-order valence-corrected chi connectivity index (χ1v) is 10.1. The normalized spacial score (nSPS) is 11.7. The van der Waals surface area contributed by atoms with E-state index < -0.39 is 5.60 Å². The zero-order valence-electron chi connectivity index (χ0n) is 18.8. The second-order valence-corrected chi connectivity index (χ2v) is 8.20. The largest absolute Gasteiger partial charge is 0.444 e. The summed E-state index contributed by atoms with van der Waals surface area (Å²) in [6.07, 6.45) is -0.328. The summed E-state index contributed by atoms with van der Waals surface area (Å²) in [6, 6.07) is 14.1. The van der Waals surface area contributed by atoms with Crippen molar-refractivity contribution in [1.82, 2.24) is 20.5 Å². The number of hydrogen-bond acceptors (Lipinski definition) is 4. The number of aryl methyl sites for hydroxylation is 1. The van der Waals surface area contributed by atoms with E-state index >= 15 is 0 Å². The average Bonchev–Trinajstić information content (AvgIpc) is 2.68. The molecule has 0 unspecified atom stereocenters. The van der Waals surface area contributed by atoms with Gasteiger partial charge in [-0.3, -0.25) is 9.98 Å². The van der Waals surface area contributed by atoms with Gasteiger partial charge in [-0.1, -0.05) is 30.3 Å². The summed E-state index contributed by atoms with van der Waals surface area (Å²) in [5, 5.41) is 6.57. The summed E-state index contributed by atoms with van der Waals surface area (Å²) in [5.41, 5.74) is 3.63. The molecule has 2 rings (SSSR count). The number of ether oxygens (including phenoxy) is 1. The lowest BCUT2D eigenvalue weighted by Crippen LogP contribution is -2.36. The quantitative estimate of drug-likeness (QED) is 0.561. The van der Waals surface area contributed by atoms with Crippen LogP contribution in [0.2, 0.25) is 0 Å². The second kappa shape index (κ2) is 10.6. The molecule has 0 saturated carbocycles. The Bertz CT molecular complexity index is 857. The standard InChI is InChI=1S/C23H33N5O2/c1-17-8-7-9-20(27-17)15-26-21(24-5)25-14-18-10-12-19(13-11-18)16-28(6)22(29)30-23(2,3)4/h7-13H,14-16H2,1-6H3,(H2,24,25,26). The summed E-state index contributed by atoms with van der Waals surface area (Å²) in [7, 11) is 3.48. The Morgan fingerprint density at radius 1 is 1.07 bits per heavy atom. The fourth-order valence-corrected chi connectivity index (χ4v) is 2.72. The van der Waals surface area contributed by atoms with E-state index in [1.165, 1.54) is 0 Å². The summed E-state index contributed by atoms with van der Waals surface area (Å²) in [5.74, 6) is 0.715. The van der Waals surface area contributed by atoms with Crippen LogP contribution in [-0.4, -0.2) is 41.6 Å². The number of carbonyl (C=O) groups excluding carboxylic acids is 1. The molecule has 0 aliphatic rings. The number of nitrogens with one attached hydrogen (secondary N) is 2. The molecule has 2 aromatic rings. The van der Waals surface area contributed by atoms with Gasteiger partial charge in [-0.25, -0.2) is 4.79 Å². The van der Waals surface area contributed by atoms with Gasteiger partial charge in [0.05, 0.1) is 12.2 Å². The second-order valence-electron chi connectivity index (χ2n) is 8.20. The lowest BCUT2D eigenvalue weighted by Gasteiger charge is -2.24. The Balaban J connectivity index is 1.82. The molecule has 2 N–H and O–H groups in total. The SMILES string of the molecule is CN=C(NCc1ccc(CN(C)C(=O)OC(C)(C)C)cc1)NCc1cccc(C)n1. The third kappa shape index (κ3) is 8.11. The van der Waals surface area contributed by atoms with Crippen molar-refractivity contribution in [2.45, 2.75) is 52.9 Å². The molecule has 0 atom stereocenters. The summed E-state index contributed by atoms with van der Waals surface area (Å²) in [4.78, 5) is 22.4. The Kier molecular flexibility index (Phi) is 8.21. The Hall–Kier alpha value is -3.09. The van der Waals surface area contributed by atoms with E-state index in [-0.39, 0.29) is 6.09 Å². The van der Waals surface area contributed by atoms with Gasteiger partial charge in [0.15, 0.2) is 5.96 Å². The minimum Gasteiger partial charge on any atom is -0.444 e. The molecule has 1 aromatic heterocycles. The molecule has 0 aliphatic heterocycles. The maximum atomic E-state index is 12.1. The van der Waals surface area contributed by atoms with Gasteiger partial charge < -0.3 is 20.3 Å². The van der Waals surface area contributed by atoms with Crippen LogP contribution >= 0.6 is 0 Å². The first kappa shape index (κ1) is 23.2. The van der Waals surface area contributed by atoms with Crippen molar-refractivity contribution in [3.8, 4) is 0 Å². The number of amides is 1. The van der Waals surface area contributed by atoms with Crippen LogP contribution in [0.15, 0.2) is 47.5 Å². The predicted octanol–water partition coefficient (Wildman–Crippen LogP) is 3.62. The molecule has 1 amide bonds. The summed E-state index contributed by atoms with van der Waals surface area (Å²) < 4.78 is 5.39. The molecule has 7 heteroatoms. The van der Waals surface area contributed by atoms with Gasteiger partial charge in [0.25, 0.3) is 0 Å². The Labute approximate surface area is 179 Å². The van der Waals surface area contributed by atoms with Gasteiger partial charge in [-0.05, 0) is 51.0 Å². The molecular weight excluding hydrogens is 378 g/mol. The zero-order chi connectivity index (χ0) is 22.1. The van der Waals surface area contributed by atoms with Gasteiger partial charge in [0.2, 0.25) is 0 Å². The number of nitrogens with zero attached hydrogens (tertiary/aromatic N) is 3. The number of benzene rings is 1. The van der Waals surface area contributed by atoms with Crippen molar-refractivity contribution in [3.05, 3.63) is 65.0 Å². The predicted molar refractivity (Wildman–Crippen MR) is 120 cm³/mol. The highest BCUT2D eigenvalue weighted by atomic mass is 16.6. The minimum atomic E-state index is -0.497. The molecule has 162 valence electrons. The van der Waals surface area contributed by atoms with E-state index in [0.717, 1.165) is 22.5 Å². The average molecular weight is 412 g/mol. The van der Waals surface area contributed by atoms with Crippen molar-refractivity contribution in [1.29, 1.82) is 0 Å². The summed E-state index contributed by atoms with van der Waals surface area (Å²) >= 11 is 0. The molecule has 0 radical (unpaired) electrons. The van der Waals surface area contributed by atoms with Crippen molar-refractivity contribution in [3.63, 3.8) is 0 Å². The molecule has 0 saturated heterocycles. The fourth-order valence-electron chi connectivity index (χ4n) is 2.72. The van der Waals surface area contributed by atoms with Crippen LogP contribution in [0.25, 0.3) is 0 Å². The molecular formula is C23H33N5O2. The monoisotopic (exact) mass is 411 g/mol. The van der Waals surface area contributed by atoms with Crippen molar-refractivity contribution >= 4 is 12.1 Å². The van der Waals surface area contributed by atoms with Crippen LogP contribution in [0.1, 0.15) is 43.3 Å². The molecule has 1 aromatic carbocycles. The molecule has 0 aliphatic carbocycles.